The van der Waals surface area contributed by atoms with Gasteiger partial charge in [0.2, 0.25) is 15.9 Å². The van der Waals surface area contributed by atoms with Gasteiger partial charge in [-0.15, -0.1) is 0 Å². The second-order valence-electron chi connectivity index (χ2n) is 9.48. The van der Waals surface area contributed by atoms with Gasteiger partial charge in [-0.2, -0.15) is 13.2 Å². The summed E-state index contributed by atoms with van der Waals surface area (Å²) in [7, 11) is -3.38. The summed E-state index contributed by atoms with van der Waals surface area (Å²) in [5, 5.41) is 0. The smallest absolute Gasteiger partial charge is 0.339 e. The third-order valence-corrected chi connectivity index (χ3v) is 7.64. The highest BCUT2D eigenvalue weighted by molar-refractivity contribution is 7.92. The molecule has 1 N–H and O–H groups in total. The van der Waals surface area contributed by atoms with Crippen molar-refractivity contribution in [1.29, 1.82) is 0 Å². The molecule has 0 aromatic heterocycles. The maximum absolute atomic E-state index is 13.3. The first-order valence-electron chi connectivity index (χ1n) is 10.8. The number of nitrogens with one attached hydrogen (secondary N) is 1. The Morgan fingerprint density at radius 2 is 1.91 bits per heavy atom. The van der Waals surface area contributed by atoms with Crippen LogP contribution < -0.4 is 4.72 Å². The van der Waals surface area contributed by atoms with E-state index in [4.69, 9.17) is 0 Å². The molecule has 1 saturated carbocycles. The minimum atomic E-state index is -4.45. The molecule has 178 valence electrons. The Morgan fingerprint density at radius 1 is 1.24 bits per heavy atom. The quantitative estimate of drug-likeness (QED) is 0.635. The van der Waals surface area contributed by atoms with Gasteiger partial charge in [-0.25, -0.2) is 8.42 Å². The van der Waals surface area contributed by atoms with Gasteiger partial charge in [0.1, 0.15) is 0 Å². The number of allylic oxidation sites excluding steroid dienone is 5. The Kier molecular flexibility index (Phi) is 5.75. The predicted molar refractivity (Wildman–Crippen MR) is 121 cm³/mol. The summed E-state index contributed by atoms with van der Waals surface area (Å²) in [6.07, 6.45) is 2.41. The van der Waals surface area contributed by atoms with Crippen molar-refractivity contribution in [2.75, 3.05) is 24.1 Å². The molecule has 9 heteroatoms. The summed E-state index contributed by atoms with van der Waals surface area (Å²) in [4.78, 5) is 14.3. The van der Waals surface area contributed by atoms with Gasteiger partial charge in [0, 0.05) is 30.3 Å². The van der Waals surface area contributed by atoms with Crippen LogP contribution in [0, 0.1) is 17.8 Å². The van der Waals surface area contributed by atoms with E-state index < -0.39 is 21.8 Å². The van der Waals surface area contributed by atoms with Crippen molar-refractivity contribution < 1.29 is 26.4 Å². The van der Waals surface area contributed by atoms with Crippen molar-refractivity contribution >= 4 is 21.6 Å². The van der Waals surface area contributed by atoms with E-state index in [9.17, 15) is 26.4 Å². The molecule has 5 nitrogen and oxygen atoms in total. The zero-order chi connectivity index (χ0) is 24.2. The van der Waals surface area contributed by atoms with E-state index in [0.29, 0.717) is 25.2 Å². The molecule has 2 fully saturated rings. The molecular formula is C24H27F3N2O3S. The van der Waals surface area contributed by atoms with Crippen LogP contribution in [-0.4, -0.2) is 44.7 Å². The molecule has 33 heavy (non-hydrogen) atoms. The molecule has 4 rings (SSSR count). The second kappa shape index (κ2) is 8.04. The number of alkyl halides is 3. The number of likely N-dealkylation sites (tertiary alicyclic amines) is 1. The average Bonchev–Trinajstić information content (AvgIpc) is 3.06. The van der Waals surface area contributed by atoms with Crippen LogP contribution in [0.4, 0.5) is 18.9 Å². The van der Waals surface area contributed by atoms with Gasteiger partial charge in [0.15, 0.2) is 0 Å². The number of fused-ring (bicyclic) bond motifs is 1. The van der Waals surface area contributed by atoms with Crippen LogP contribution in [0.3, 0.4) is 0 Å². The van der Waals surface area contributed by atoms with Gasteiger partial charge >= 0.3 is 6.18 Å². The van der Waals surface area contributed by atoms with Crippen molar-refractivity contribution in [3.63, 3.8) is 0 Å². The minimum absolute atomic E-state index is 0.0401. The van der Waals surface area contributed by atoms with Gasteiger partial charge in [-0.05, 0) is 53.5 Å². The lowest BCUT2D eigenvalue weighted by molar-refractivity contribution is -0.125. The molecular weight excluding hydrogens is 453 g/mol. The first-order chi connectivity index (χ1) is 15.3. The fourth-order valence-corrected chi connectivity index (χ4v) is 5.73. The van der Waals surface area contributed by atoms with Crippen molar-refractivity contribution in [3.05, 3.63) is 65.3 Å². The van der Waals surface area contributed by atoms with Gasteiger partial charge in [0.25, 0.3) is 0 Å². The maximum atomic E-state index is 13.3. The zero-order valence-corrected chi connectivity index (χ0v) is 19.5. The fourth-order valence-electron chi connectivity index (χ4n) is 5.18. The third kappa shape index (κ3) is 4.74. The van der Waals surface area contributed by atoms with E-state index in [-0.39, 0.29) is 34.6 Å². The number of carbonyl (C=O) groups excluding carboxylic acids is 1. The number of anilines is 1. The first kappa shape index (κ1) is 23.6. The molecule has 0 bridgehead atoms. The Morgan fingerprint density at radius 3 is 2.52 bits per heavy atom. The molecule has 3 atom stereocenters. The third-order valence-electron chi connectivity index (χ3n) is 7.03. The van der Waals surface area contributed by atoms with E-state index in [1.165, 1.54) is 24.3 Å². The standard InChI is InChI=1S/C24H27F3N2O3S/c1-15-7-8-16(19(11-15)24(25,26)27)9-10-22(30)29-13-20-21(14-29)23(20,2)17-5-4-6-18(12-17)28-33(3,31)32/h4-6,8-12,15,20-21,28H,7,13-14H2,1-3H3/b10-9+. The number of hydrogen-bond acceptors (Lipinski definition) is 3. The summed E-state index contributed by atoms with van der Waals surface area (Å²) in [5.74, 6) is -0.0329. The van der Waals surface area contributed by atoms with Crippen LogP contribution in [0.1, 0.15) is 25.8 Å². The van der Waals surface area contributed by atoms with Crippen molar-refractivity contribution in [2.45, 2.75) is 31.9 Å². The molecule has 0 radical (unpaired) electrons. The number of amides is 1. The minimum Gasteiger partial charge on any atom is -0.339 e. The highest BCUT2D eigenvalue weighted by Crippen LogP contribution is 2.63. The van der Waals surface area contributed by atoms with Crippen LogP contribution >= 0.6 is 0 Å². The number of carbonyl (C=O) groups is 1. The molecule has 1 amide bonds. The molecule has 1 heterocycles. The van der Waals surface area contributed by atoms with Crippen molar-refractivity contribution in [3.8, 4) is 0 Å². The highest BCUT2D eigenvalue weighted by atomic mass is 32.2. The fraction of sp³-hybridized carbons (Fsp3) is 0.458. The van der Waals surface area contributed by atoms with Crippen LogP contribution in [0.5, 0.6) is 0 Å². The van der Waals surface area contributed by atoms with E-state index >= 15 is 0 Å². The second-order valence-corrected chi connectivity index (χ2v) is 11.2. The van der Waals surface area contributed by atoms with Crippen LogP contribution in [-0.2, 0) is 20.2 Å². The maximum Gasteiger partial charge on any atom is 0.416 e. The molecule has 3 unspecified atom stereocenters. The molecule has 0 spiro atoms. The predicted octanol–water partition coefficient (Wildman–Crippen LogP) is 4.42. The van der Waals surface area contributed by atoms with Crippen LogP contribution in [0.25, 0.3) is 0 Å². The summed E-state index contributed by atoms with van der Waals surface area (Å²) >= 11 is 0. The Labute approximate surface area is 192 Å². The van der Waals surface area contributed by atoms with Gasteiger partial charge in [0.05, 0.1) is 11.8 Å². The SMILES string of the molecule is CC1C=C(C(F)(F)F)C(/C=C/C(=O)N2CC3C(C2)C3(C)c2cccc(NS(C)(=O)=O)c2)=CC1. The number of rotatable bonds is 5. The summed E-state index contributed by atoms with van der Waals surface area (Å²) in [6.45, 7) is 4.88. The summed E-state index contributed by atoms with van der Waals surface area (Å²) < 4.78 is 65.6. The topological polar surface area (TPSA) is 66.5 Å². The van der Waals surface area contributed by atoms with Gasteiger partial charge < -0.3 is 4.90 Å². The van der Waals surface area contributed by atoms with Gasteiger partial charge in [-0.3, -0.25) is 9.52 Å². The van der Waals surface area contributed by atoms with E-state index in [1.807, 2.05) is 12.1 Å². The lowest BCUT2D eigenvalue weighted by Crippen LogP contribution is -2.33. The van der Waals surface area contributed by atoms with Gasteiger partial charge in [-0.1, -0.05) is 38.1 Å². The molecule has 1 saturated heterocycles. The Bertz CT molecular complexity index is 1160. The van der Waals surface area contributed by atoms with Crippen molar-refractivity contribution in [1.82, 2.24) is 4.90 Å². The van der Waals surface area contributed by atoms with Crippen molar-refractivity contribution in [2.24, 2.45) is 17.8 Å². The monoisotopic (exact) mass is 480 g/mol. The summed E-state index contributed by atoms with van der Waals surface area (Å²) in [6, 6.07) is 7.28. The normalized spacial score (nSPS) is 29.5. The number of benzene rings is 1. The van der Waals surface area contributed by atoms with E-state index in [0.717, 1.165) is 11.8 Å². The van der Waals surface area contributed by atoms with Crippen LogP contribution in [0.2, 0.25) is 0 Å². The van der Waals surface area contributed by atoms with E-state index in [1.54, 1.807) is 24.0 Å². The average molecular weight is 481 g/mol. The Hall–Kier alpha value is -2.55. The zero-order valence-electron chi connectivity index (χ0n) is 18.7. The number of sulfonamides is 1. The molecule has 3 aliphatic rings. The number of hydrogen-bond donors (Lipinski definition) is 1. The molecule has 1 aliphatic heterocycles. The largest absolute Gasteiger partial charge is 0.416 e. The first-order valence-corrected chi connectivity index (χ1v) is 12.7. The summed E-state index contributed by atoms with van der Waals surface area (Å²) in [5.41, 5.74) is 0.697. The van der Waals surface area contributed by atoms with E-state index in [2.05, 4.69) is 11.6 Å². The molecule has 1 aromatic rings. The number of halogens is 3. The lowest BCUT2D eigenvalue weighted by Gasteiger charge is -2.24. The van der Waals surface area contributed by atoms with Crippen LogP contribution in [0.15, 0.2) is 59.7 Å². The molecule has 2 aliphatic carbocycles. The lowest BCUT2D eigenvalue weighted by atomic mass is 9.90. The highest BCUT2D eigenvalue weighted by Gasteiger charge is 2.66. The Balaban J connectivity index is 1.41. The molecule has 1 aromatic carbocycles. The number of nitrogens with zero attached hydrogens (tertiary/aromatic N) is 1. The number of piperidine rings is 1.